The number of nitrogen functional groups attached to an aromatic ring is 1. The van der Waals surface area contributed by atoms with Gasteiger partial charge in [0.15, 0.2) is 0 Å². The first kappa shape index (κ1) is 15.5. The Morgan fingerprint density at radius 3 is 2.95 bits per heavy atom. The highest BCUT2D eigenvalue weighted by Gasteiger charge is 2.42. The van der Waals surface area contributed by atoms with Crippen molar-refractivity contribution in [1.82, 2.24) is 9.29 Å². The molecule has 0 aliphatic carbocycles. The first-order chi connectivity index (χ1) is 9.31. The molecule has 1 unspecified atom stereocenters. The second-order valence-electron chi connectivity index (χ2n) is 5.02. The molecular formula is C12H18ClN3O3S. The Balaban J connectivity index is 2.51. The zero-order chi connectivity index (χ0) is 15.0. The molecule has 0 amide bonds. The van der Waals surface area contributed by atoms with Crippen molar-refractivity contribution in [2.24, 2.45) is 0 Å². The number of halogens is 1. The summed E-state index contributed by atoms with van der Waals surface area (Å²) in [7, 11) is -3.75. The van der Waals surface area contributed by atoms with Gasteiger partial charge in [-0.25, -0.2) is 13.4 Å². The van der Waals surface area contributed by atoms with Crippen LogP contribution in [0.2, 0.25) is 5.02 Å². The number of anilines is 1. The van der Waals surface area contributed by atoms with Crippen LogP contribution in [-0.4, -0.2) is 43.0 Å². The molecule has 0 radical (unpaired) electrons. The third-order valence-corrected chi connectivity index (χ3v) is 5.93. The lowest BCUT2D eigenvalue weighted by Crippen LogP contribution is -2.56. The predicted molar refractivity (Wildman–Crippen MR) is 77.1 cm³/mol. The lowest BCUT2D eigenvalue weighted by Gasteiger charge is -2.42. The highest BCUT2D eigenvalue weighted by molar-refractivity contribution is 7.89. The molecular weight excluding hydrogens is 302 g/mol. The van der Waals surface area contributed by atoms with Crippen molar-refractivity contribution in [3.05, 3.63) is 17.3 Å². The topological polar surface area (TPSA) is 85.5 Å². The van der Waals surface area contributed by atoms with E-state index in [1.54, 1.807) is 0 Å². The second kappa shape index (κ2) is 5.48. The van der Waals surface area contributed by atoms with Gasteiger partial charge in [-0.1, -0.05) is 18.5 Å². The molecule has 1 aliphatic rings. The number of pyridine rings is 1. The van der Waals surface area contributed by atoms with Gasteiger partial charge in [-0.15, -0.1) is 0 Å². The number of aromatic nitrogens is 1. The van der Waals surface area contributed by atoms with E-state index in [0.717, 1.165) is 0 Å². The maximum Gasteiger partial charge on any atom is 0.247 e. The molecule has 1 fully saturated rings. The maximum absolute atomic E-state index is 12.8. The van der Waals surface area contributed by atoms with Gasteiger partial charge >= 0.3 is 0 Å². The van der Waals surface area contributed by atoms with Crippen molar-refractivity contribution < 1.29 is 13.2 Å². The minimum absolute atomic E-state index is 0.0423. The molecule has 6 nitrogen and oxygen atoms in total. The number of morpholine rings is 1. The number of sulfonamides is 1. The number of rotatable bonds is 3. The summed E-state index contributed by atoms with van der Waals surface area (Å²) in [4.78, 5) is 3.77. The van der Waals surface area contributed by atoms with Crippen LogP contribution in [-0.2, 0) is 14.8 Å². The van der Waals surface area contributed by atoms with Gasteiger partial charge in [0.25, 0.3) is 0 Å². The zero-order valence-electron chi connectivity index (χ0n) is 11.5. The standard InChI is InChI=1S/C12H18ClN3O3S/c1-3-12(2)8-19-5-4-16(12)20(17,18)10-6-9(13)7-15-11(10)14/h6-7H,3-5,8H2,1-2H3,(H2,14,15). The lowest BCUT2D eigenvalue weighted by atomic mass is 9.99. The monoisotopic (exact) mass is 319 g/mol. The summed E-state index contributed by atoms with van der Waals surface area (Å²) in [5.41, 5.74) is 5.11. The van der Waals surface area contributed by atoms with Crippen LogP contribution in [0.1, 0.15) is 20.3 Å². The number of hydrogen-bond acceptors (Lipinski definition) is 5. The molecule has 2 N–H and O–H groups in total. The van der Waals surface area contributed by atoms with Gasteiger partial charge < -0.3 is 10.5 Å². The number of ether oxygens (including phenoxy) is 1. The van der Waals surface area contributed by atoms with E-state index in [1.807, 2.05) is 13.8 Å². The Morgan fingerprint density at radius 1 is 1.60 bits per heavy atom. The van der Waals surface area contributed by atoms with Crippen molar-refractivity contribution in [3.63, 3.8) is 0 Å². The van der Waals surface area contributed by atoms with Crippen molar-refractivity contribution in [3.8, 4) is 0 Å². The summed E-state index contributed by atoms with van der Waals surface area (Å²) < 4.78 is 32.5. The molecule has 1 aromatic heterocycles. The highest BCUT2D eigenvalue weighted by atomic mass is 35.5. The van der Waals surface area contributed by atoms with Gasteiger partial charge in [0.1, 0.15) is 10.7 Å². The minimum Gasteiger partial charge on any atom is -0.383 e. The van der Waals surface area contributed by atoms with Gasteiger partial charge in [-0.3, -0.25) is 0 Å². The normalized spacial score (nSPS) is 24.8. The van der Waals surface area contributed by atoms with Crippen LogP contribution in [0.5, 0.6) is 0 Å². The molecule has 20 heavy (non-hydrogen) atoms. The Hall–Kier alpha value is -0.890. The molecule has 2 rings (SSSR count). The number of hydrogen-bond donors (Lipinski definition) is 1. The molecule has 112 valence electrons. The molecule has 2 heterocycles. The molecule has 1 atom stereocenters. The SMILES string of the molecule is CCC1(C)COCCN1S(=O)(=O)c1cc(Cl)cnc1N. The summed E-state index contributed by atoms with van der Waals surface area (Å²) in [6.45, 7) is 4.80. The molecule has 1 aromatic rings. The van der Waals surface area contributed by atoms with Crippen LogP contribution in [0.3, 0.4) is 0 Å². The fourth-order valence-electron chi connectivity index (χ4n) is 2.23. The fraction of sp³-hybridized carbons (Fsp3) is 0.583. The predicted octanol–water partition coefficient (Wildman–Crippen LogP) is 1.51. The molecule has 0 aromatic carbocycles. The van der Waals surface area contributed by atoms with Gasteiger partial charge in [0.05, 0.1) is 23.8 Å². The van der Waals surface area contributed by atoms with E-state index in [2.05, 4.69) is 4.98 Å². The largest absolute Gasteiger partial charge is 0.383 e. The zero-order valence-corrected chi connectivity index (χ0v) is 13.0. The van der Waals surface area contributed by atoms with E-state index in [4.69, 9.17) is 22.1 Å². The van der Waals surface area contributed by atoms with Crippen molar-refractivity contribution >= 4 is 27.4 Å². The minimum atomic E-state index is -3.75. The quantitative estimate of drug-likeness (QED) is 0.912. The fourth-order valence-corrected chi connectivity index (χ4v) is 4.36. The van der Waals surface area contributed by atoms with Gasteiger partial charge in [0, 0.05) is 12.7 Å². The Bertz CT molecular complexity index is 608. The van der Waals surface area contributed by atoms with E-state index in [1.165, 1.54) is 16.6 Å². The van der Waals surface area contributed by atoms with E-state index in [0.29, 0.717) is 26.2 Å². The van der Waals surface area contributed by atoms with E-state index in [-0.39, 0.29) is 15.7 Å². The molecule has 0 spiro atoms. The van der Waals surface area contributed by atoms with Crippen molar-refractivity contribution in [1.29, 1.82) is 0 Å². The third kappa shape index (κ3) is 2.63. The Labute approximate surface area is 123 Å². The summed E-state index contributed by atoms with van der Waals surface area (Å²) in [6.07, 6.45) is 1.97. The summed E-state index contributed by atoms with van der Waals surface area (Å²) in [5.74, 6) is -0.0423. The van der Waals surface area contributed by atoms with Crippen molar-refractivity contribution in [2.75, 3.05) is 25.5 Å². The van der Waals surface area contributed by atoms with Crippen LogP contribution < -0.4 is 5.73 Å². The van der Waals surface area contributed by atoms with Crippen molar-refractivity contribution in [2.45, 2.75) is 30.7 Å². The van der Waals surface area contributed by atoms with Gasteiger partial charge in [0.2, 0.25) is 10.0 Å². The third-order valence-electron chi connectivity index (χ3n) is 3.63. The van der Waals surface area contributed by atoms with E-state index >= 15 is 0 Å². The van der Waals surface area contributed by atoms with Crippen LogP contribution in [0.15, 0.2) is 17.2 Å². The molecule has 1 saturated heterocycles. The summed E-state index contributed by atoms with van der Waals surface area (Å²) in [6, 6.07) is 1.34. The summed E-state index contributed by atoms with van der Waals surface area (Å²) >= 11 is 5.84. The van der Waals surface area contributed by atoms with E-state index in [9.17, 15) is 8.42 Å². The smallest absolute Gasteiger partial charge is 0.247 e. The average molecular weight is 320 g/mol. The lowest BCUT2D eigenvalue weighted by molar-refractivity contribution is -0.0185. The van der Waals surface area contributed by atoms with Crippen LogP contribution in [0.25, 0.3) is 0 Å². The second-order valence-corrected chi connectivity index (χ2v) is 7.28. The number of nitrogens with two attached hydrogens (primary N) is 1. The molecule has 1 aliphatic heterocycles. The van der Waals surface area contributed by atoms with Crippen LogP contribution >= 0.6 is 11.6 Å². The molecule has 0 bridgehead atoms. The average Bonchev–Trinajstić information content (AvgIpc) is 2.41. The summed E-state index contributed by atoms with van der Waals surface area (Å²) in [5, 5.41) is 0.240. The van der Waals surface area contributed by atoms with Gasteiger partial charge in [-0.05, 0) is 19.4 Å². The first-order valence-electron chi connectivity index (χ1n) is 6.33. The Kier molecular flexibility index (Phi) is 4.24. The highest BCUT2D eigenvalue weighted by Crippen LogP contribution is 2.32. The Morgan fingerprint density at radius 2 is 2.30 bits per heavy atom. The van der Waals surface area contributed by atoms with E-state index < -0.39 is 15.6 Å². The van der Waals surface area contributed by atoms with Crippen LogP contribution in [0.4, 0.5) is 5.82 Å². The van der Waals surface area contributed by atoms with Gasteiger partial charge in [-0.2, -0.15) is 4.31 Å². The first-order valence-corrected chi connectivity index (χ1v) is 8.14. The number of nitrogens with zero attached hydrogens (tertiary/aromatic N) is 2. The van der Waals surface area contributed by atoms with Crippen LogP contribution in [0, 0.1) is 0 Å². The molecule has 0 saturated carbocycles. The maximum atomic E-state index is 12.8. The molecule has 8 heteroatoms.